The first-order valence-electron chi connectivity index (χ1n) is 6.81. The maximum Gasteiger partial charge on any atom is 0.238 e. The lowest BCUT2D eigenvalue weighted by Gasteiger charge is -2.33. The first-order valence-corrected chi connectivity index (χ1v) is 6.81. The SMILES string of the molecule is CCC(CC)(CO)NC(=O)C1Cc2nc[nH]c2CN1. The van der Waals surface area contributed by atoms with Crippen molar-refractivity contribution >= 4 is 5.91 Å². The summed E-state index contributed by atoms with van der Waals surface area (Å²) in [7, 11) is 0. The largest absolute Gasteiger partial charge is 0.394 e. The molecular formula is C13H22N4O2. The Hall–Kier alpha value is -1.40. The van der Waals surface area contributed by atoms with Gasteiger partial charge in [0.25, 0.3) is 0 Å². The molecule has 6 nitrogen and oxygen atoms in total. The normalized spacial score (nSPS) is 19.0. The molecule has 6 heteroatoms. The van der Waals surface area contributed by atoms with E-state index in [4.69, 9.17) is 0 Å². The molecule has 1 aromatic heterocycles. The van der Waals surface area contributed by atoms with Crippen LogP contribution in [0.5, 0.6) is 0 Å². The standard InChI is InChI=1S/C13H22N4O2/c1-3-13(4-2,7-18)17-12(19)10-5-9-11(6-14-10)16-8-15-9/h8,10,14,18H,3-7H2,1-2H3,(H,15,16)(H,17,19). The monoisotopic (exact) mass is 266 g/mol. The van der Waals surface area contributed by atoms with Gasteiger partial charge in [-0.15, -0.1) is 0 Å². The molecule has 19 heavy (non-hydrogen) atoms. The summed E-state index contributed by atoms with van der Waals surface area (Å²) in [5, 5.41) is 15.7. The fourth-order valence-corrected chi connectivity index (χ4v) is 2.39. The van der Waals surface area contributed by atoms with Crippen LogP contribution < -0.4 is 10.6 Å². The molecule has 1 aromatic rings. The van der Waals surface area contributed by atoms with E-state index in [1.54, 1.807) is 6.33 Å². The smallest absolute Gasteiger partial charge is 0.238 e. The van der Waals surface area contributed by atoms with Crippen LogP contribution in [0.25, 0.3) is 0 Å². The molecule has 0 spiro atoms. The van der Waals surface area contributed by atoms with Gasteiger partial charge in [-0.25, -0.2) is 4.98 Å². The number of hydrogen-bond acceptors (Lipinski definition) is 4. The molecule has 2 heterocycles. The lowest BCUT2D eigenvalue weighted by Crippen LogP contribution is -2.57. The van der Waals surface area contributed by atoms with E-state index in [1.807, 2.05) is 13.8 Å². The quantitative estimate of drug-likeness (QED) is 0.608. The fourth-order valence-electron chi connectivity index (χ4n) is 2.39. The highest BCUT2D eigenvalue weighted by atomic mass is 16.3. The molecule has 0 saturated heterocycles. The maximum atomic E-state index is 12.3. The van der Waals surface area contributed by atoms with Gasteiger partial charge in [0.2, 0.25) is 5.91 Å². The number of amides is 1. The van der Waals surface area contributed by atoms with Gasteiger partial charge in [0.05, 0.1) is 35.9 Å². The van der Waals surface area contributed by atoms with Crippen molar-refractivity contribution in [2.75, 3.05) is 6.61 Å². The second kappa shape index (κ2) is 5.71. The summed E-state index contributed by atoms with van der Waals surface area (Å²) in [5.74, 6) is -0.0635. The number of H-pyrrole nitrogens is 1. The Morgan fingerprint density at radius 3 is 2.95 bits per heavy atom. The Morgan fingerprint density at radius 1 is 1.58 bits per heavy atom. The second-order valence-corrected chi connectivity index (χ2v) is 5.10. The van der Waals surface area contributed by atoms with Crippen molar-refractivity contribution < 1.29 is 9.90 Å². The van der Waals surface area contributed by atoms with Gasteiger partial charge in [-0.05, 0) is 12.8 Å². The summed E-state index contributed by atoms with van der Waals surface area (Å²) >= 11 is 0. The zero-order valence-electron chi connectivity index (χ0n) is 11.5. The van der Waals surface area contributed by atoms with Crippen molar-refractivity contribution in [1.29, 1.82) is 0 Å². The maximum absolute atomic E-state index is 12.3. The number of fused-ring (bicyclic) bond motifs is 1. The molecule has 1 aliphatic heterocycles. The predicted octanol–water partition coefficient (Wildman–Crippen LogP) is 0.0913. The summed E-state index contributed by atoms with van der Waals surface area (Å²) in [5.41, 5.74) is 1.48. The predicted molar refractivity (Wildman–Crippen MR) is 71.5 cm³/mol. The Kier molecular flexibility index (Phi) is 4.21. The Labute approximate surface area is 113 Å². The van der Waals surface area contributed by atoms with Crippen molar-refractivity contribution in [3.05, 3.63) is 17.7 Å². The van der Waals surface area contributed by atoms with Crippen molar-refractivity contribution in [2.24, 2.45) is 0 Å². The number of aliphatic hydroxyl groups is 1. The molecule has 0 bridgehead atoms. The Balaban J connectivity index is 2.01. The molecule has 1 unspecified atom stereocenters. The molecule has 0 fully saturated rings. The average molecular weight is 266 g/mol. The zero-order chi connectivity index (χ0) is 13.9. The van der Waals surface area contributed by atoms with Crippen molar-refractivity contribution in [2.45, 2.75) is 51.2 Å². The number of aromatic nitrogens is 2. The van der Waals surface area contributed by atoms with Gasteiger partial charge in [-0.2, -0.15) is 0 Å². The van der Waals surface area contributed by atoms with E-state index in [0.29, 0.717) is 25.8 Å². The number of rotatable bonds is 5. The number of carbonyl (C=O) groups excluding carboxylic acids is 1. The number of nitrogens with zero attached hydrogens (tertiary/aromatic N) is 1. The van der Waals surface area contributed by atoms with E-state index in [2.05, 4.69) is 20.6 Å². The van der Waals surface area contributed by atoms with Crippen LogP contribution in [0.3, 0.4) is 0 Å². The minimum Gasteiger partial charge on any atom is -0.394 e. The summed E-state index contributed by atoms with van der Waals surface area (Å²) in [6.45, 7) is 4.53. The minimum atomic E-state index is -0.509. The third-order valence-electron chi connectivity index (χ3n) is 4.09. The van der Waals surface area contributed by atoms with Gasteiger partial charge in [0.1, 0.15) is 0 Å². The highest BCUT2D eigenvalue weighted by Gasteiger charge is 2.32. The fraction of sp³-hybridized carbons (Fsp3) is 0.692. The Morgan fingerprint density at radius 2 is 2.32 bits per heavy atom. The van der Waals surface area contributed by atoms with Crippen LogP contribution in [0.2, 0.25) is 0 Å². The van der Waals surface area contributed by atoms with Gasteiger partial charge in [0.15, 0.2) is 0 Å². The minimum absolute atomic E-state index is 0.0356. The van der Waals surface area contributed by atoms with Crippen LogP contribution in [0.4, 0.5) is 0 Å². The molecule has 1 aliphatic rings. The number of carbonyl (C=O) groups is 1. The molecular weight excluding hydrogens is 244 g/mol. The summed E-state index contributed by atoms with van der Waals surface area (Å²) in [6.07, 6.45) is 3.67. The van der Waals surface area contributed by atoms with Gasteiger partial charge in [-0.1, -0.05) is 13.8 Å². The molecule has 4 N–H and O–H groups in total. The second-order valence-electron chi connectivity index (χ2n) is 5.10. The van der Waals surface area contributed by atoms with Crippen molar-refractivity contribution in [1.82, 2.24) is 20.6 Å². The highest BCUT2D eigenvalue weighted by molar-refractivity contribution is 5.83. The molecule has 106 valence electrons. The van der Waals surface area contributed by atoms with Crippen LogP contribution in [-0.4, -0.2) is 39.2 Å². The number of imidazole rings is 1. The number of nitrogens with one attached hydrogen (secondary N) is 3. The van der Waals surface area contributed by atoms with Crippen LogP contribution in [0, 0.1) is 0 Å². The van der Waals surface area contributed by atoms with Gasteiger partial charge in [-0.3, -0.25) is 10.1 Å². The van der Waals surface area contributed by atoms with E-state index in [-0.39, 0.29) is 18.6 Å². The van der Waals surface area contributed by atoms with Crippen LogP contribution in [0.15, 0.2) is 6.33 Å². The van der Waals surface area contributed by atoms with Crippen LogP contribution in [-0.2, 0) is 17.8 Å². The molecule has 0 aliphatic carbocycles. The van der Waals surface area contributed by atoms with E-state index < -0.39 is 5.54 Å². The van der Waals surface area contributed by atoms with Gasteiger partial charge >= 0.3 is 0 Å². The highest BCUT2D eigenvalue weighted by Crippen LogP contribution is 2.17. The number of aliphatic hydroxyl groups excluding tert-OH is 1. The average Bonchev–Trinajstić information content (AvgIpc) is 2.92. The number of hydrogen-bond donors (Lipinski definition) is 4. The van der Waals surface area contributed by atoms with Crippen molar-refractivity contribution in [3.63, 3.8) is 0 Å². The van der Waals surface area contributed by atoms with E-state index in [0.717, 1.165) is 11.4 Å². The topological polar surface area (TPSA) is 90.0 Å². The van der Waals surface area contributed by atoms with Crippen LogP contribution in [0.1, 0.15) is 38.1 Å². The van der Waals surface area contributed by atoms with Gasteiger partial charge < -0.3 is 15.4 Å². The lowest BCUT2D eigenvalue weighted by atomic mass is 9.92. The van der Waals surface area contributed by atoms with E-state index >= 15 is 0 Å². The van der Waals surface area contributed by atoms with E-state index in [1.165, 1.54) is 0 Å². The molecule has 1 amide bonds. The summed E-state index contributed by atoms with van der Waals surface area (Å²) in [6, 6.07) is -0.278. The lowest BCUT2D eigenvalue weighted by molar-refractivity contribution is -0.126. The van der Waals surface area contributed by atoms with Gasteiger partial charge in [0, 0.05) is 13.0 Å². The molecule has 0 radical (unpaired) electrons. The first kappa shape index (κ1) is 14.0. The van der Waals surface area contributed by atoms with Crippen molar-refractivity contribution in [3.8, 4) is 0 Å². The summed E-state index contributed by atoms with van der Waals surface area (Å²) < 4.78 is 0. The number of aromatic amines is 1. The zero-order valence-corrected chi connectivity index (χ0v) is 11.5. The van der Waals surface area contributed by atoms with Crippen LogP contribution >= 0.6 is 0 Å². The summed E-state index contributed by atoms with van der Waals surface area (Å²) in [4.78, 5) is 19.6. The Bertz CT molecular complexity index is 431. The molecule has 1 atom stereocenters. The third-order valence-corrected chi connectivity index (χ3v) is 4.09. The molecule has 0 saturated carbocycles. The molecule has 0 aromatic carbocycles. The third kappa shape index (κ3) is 2.79. The first-order chi connectivity index (χ1) is 9.14. The molecule has 2 rings (SSSR count). The van der Waals surface area contributed by atoms with E-state index in [9.17, 15) is 9.90 Å².